The van der Waals surface area contributed by atoms with Crippen molar-refractivity contribution in [2.24, 2.45) is 21.1 Å². The second kappa shape index (κ2) is 11.2. The Labute approximate surface area is 218 Å². The number of ether oxygens (including phenoxy) is 1. The number of allylic oxidation sites excluding steroid dienone is 1. The molecular weight excluding hydrogens is 492 g/mol. The first kappa shape index (κ1) is 27.4. The van der Waals surface area contributed by atoms with E-state index in [0.717, 1.165) is 0 Å². The number of hydrogen-bond donors (Lipinski definition) is 5. The fraction of sp³-hybridized carbons (Fsp3) is 0.200. The quantitative estimate of drug-likeness (QED) is 0.160. The Bertz CT molecular complexity index is 1460. The summed E-state index contributed by atoms with van der Waals surface area (Å²) in [7, 11) is 7.80. The molecule has 0 unspecified atom stereocenters. The van der Waals surface area contributed by atoms with Crippen LogP contribution in [0, 0.1) is 0 Å². The summed E-state index contributed by atoms with van der Waals surface area (Å²) in [5, 5.41) is 10.8. The van der Waals surface area contributed by atoms with Crippen LogP contribution in [0.15, 0.2) is 60.8 Å². The van der Waals surface area contributed by atoms with Crippen molar-refractivity contribution < 1.29 is 23.9 Å². The van der Waals surface area contributed by atoms with E-state index in [1.807, 2.05) is 0 Å². The molecule has 3 aromatic rings. The Morgan fingerprint density at radius 3 is 2.00 bits per heavy atom. The van der Waals surface area contributed by atoms with Crippen molar-refractivity contribution in [1.29, 1.82) is 0 Å². The highest BCUT2D eigenvalue weighted by molar-refractivity contribution is 6.06. The summed E-state index contributed by atoms with van der Waals surface area (Å²) < 4.78 is 9.37. The molecule has 0 saturated heterocycles. The fourth-order valence-corrected chi connectivity index (χ4v) is 3.68. The van der Waals surface area contributed by atoms with Crippen LogP contribution in [0.5, 0.6) is 0 Å². The van der Waals surface area contributed by atoms with Crippen molar-refractivity contribution in [3.63, 3.8) is 0 Å². The van der Waals surface area contributed by atoms with Gasteiger partial charge in [-0.1, -0.05) is 6.58 Å². The van der Waals surface area contributed by atoms with E-state index in [1.54, 1.807) is 54.9 Å². The number of rotatable bonds is 9. The second-order valence-electron chi connectivity index (χ2n) is 8.41. The zero-order valence-electron chi connectivity index (χ0n) is 21.7. The van der Waals surface area contributed by atoms with Gasteiger partial charge in [0, 0.05) is 52.5 Å². The topological polar surface area (TPSA) is 166 Å². The Balaban J connectivity index is 1.66. The molecule has 0 spiro atoms. The highest BCUT2D eigenvalue weighted by atomic mass is 16.5. The van der Waals surface area contributed by atoms with Gasteiger partial charge in [-0.25, -0.2) is 4.79 Å². The van der Waals surface area contributed by atoms with Crippen LogP contribution in [0.1, 0.15) is 31.5 Å². The number of esters is 1. The number of aryl methyl sites for hydroxylation is 3. The van der Waals surface area contributed by atoms with Gasteiger partial charge in [0.1, 0.15) is 22.8 Å². The number of methoxy groups -OCH3 is 1. The van der Waals surface area contributed by atoms with E-state index in [2.05, 4.69) is 27.8 Å². The summed E-state index contributed by atoms with van der Waals surface area (Å²) in [4.78, 5) is 49.9. The van der Waals surface area contributed by atoms with Gasteiger partial charge in [0.05, 0.1) is 24.2 Å². The van der Waals surface area contributed by atoms with Crippen molar-refractivity contribution in [2.45, 2.75) is 0 Å². The van der Waals surface area contributed by atoms with Gasteiger partial charge in [-0.05, 0) is 24.3 Å². The van der Waals surface area contributed by atoms with Gasteiger partial charge < -0.3 is 45.4 Å². The predicted molar refractivity (Wildman–Crippen MR) is 142 cm³/mol. The van der Waals surface area contributed by atoms with Gasteiger partial charge in [0.2, 0.25) is 0 Å². The Morgan fingerprint density at radius 2 is 1.42 bits per heavy atom. The molecule has 0 radical (unpaired) electrons. The summed E-state index contributed by atoms with van der Waals surface area (Å²) >= 11 is 0. The van der Waals surface area contributed by atoms with Crippen LogP contribution < -0.4 is 27.0 Å². The molecule has 0 aromatic carbocycles. The van der Waals surface area contributed by atoms with E-state index < -0.39 is 17.8 Å². The van der Waals surface area contributed by atoms with Crippen LogP contribution in [0.2, 0.25) is 0 Å². The third-order valence-electron chi connectivity index (χ3n) is 5.52. The summed E-state index contributed by atoms with van der Waals surface area (Å²) in [6.45, 7) is 3.80. The smallest absolute Gasteiger partial charge is 0.354 e. The predicted octanol–water partition coefficient (Wildman–Crippen LogP) is 1.31. The molecule has 3 heterocycles. The summed E-state index contributed by atoms with van der Waals surface area (Å²) in [6, 6.07) is 4.54. The first-order valence-corrected chi connectivity index (χ1v) is 11.3. The number of carbonyl (C=O) groups is 4. The molecule has 200 valence electrons. The standard InChI is InChI=1S/C25H30N8O5/c1-14(7-18(27-2)22(34)29-17-10-21(25(37)38-6)33(5)13-17)28-23(35)20-9-16(12-32(20)4)30-24(36)19-8-15(26)11-31(19)3/h7-13,27H,1,26H2,2-6H3,(H,28,35)(H,29,34)(H,30,36)/b18-7-. The first-order chi connectivity index (χ1) is 17.9. The number of carbonyl (C=O) groups excluding carboxylic acids is 4. The SMILES string of the molecule is C=C(/C=C(\NC)C(=O)Nc1cc(C(=O)OC)n(C)c1)NC(=O)c1cc(NC(=O)c2cc(N)cn2C)cn1C. The largest absolute Gasteiger partial charge is 0.464 e. The monoisotopic (exact) mass is 522 g/mol. The maximum absolute atomic E-state index is 12.8. The highest BCUT2D eigenvalue weighted by Crippen LogP contribution is 2.17. The van der Waals surface area contributed by atoms with E-state index in [1.165, 1.54) is 36.9 Å². The number of nitrogens with one attached hydrogen (secondary N) is 4. The minimum absolute atomic E-state index is 0.112. The third kappa shape index (κ3) is 6.13. The van der Waals surface area contributed by atoms with Crippen LogP contribution in [0.25, 0.3) is 0 Å². The van der Waals surface area contributed by atoms with Crippen molar-refractivity contribution in [1.82, 2.24) is 24.3 Å². The maximum Gasteiger partial charge on any atom is 0.354 e. The molecule has 38 heavy (non-hydrogen) atoms. The molecule has 3 aromatic heterocycles. The highest BCUT2D eigenvalue weighted by Gasteiger charge is 2.18. The molecule has 0 bridgehead atoms. The number of likely N-dealkylation sites (N-methyl/N-ethyl adjacent to an activating group) is 1. The van der Waals surface area contributed by atoms with Crippen LogP contribution in [-0.2, 0) is 30.7 Å². The van der Waals surface area contributed by atoms with E-state index >= 15 is 0 Å². The lowest BCUT2D eigenvalue weighted by Gasteiger charge is -2.10. The number of aromatic nitrogens is 3. The van der Waals surface area contributed by atoms with Crippen LogP contribution in [-0.4, -0.2) is 51.5 Å². The lowest BCUT2D eigenvalue weighted by molar-refractivity contribution is -0.113. The van der Waals surface area contributed by atoms with Gasteiger partial charge in [-0.3, -0.25) is 14.4 Å². The number of nitrogens with two attached hydrogens (primary N) is 1. The average Bonchev–Trinajstić information content (AvgIpc) is 3.51. The molecule has 0 aliphatic heterocycles. The van der Waals surface area contributed by atoms with Gasteiger partial charge in [0.15, 0.2) is 0 Å². The van der Waals surface area contributed by atoms with Crippen molar-refractivity contribution in [2.75, 3.05) is 30.5 Å². The van der Waals surface area contributed by atoms with Crippen molar-refractivity contribution in [3.8, 4) is 0 Å². The molecule has 0 atom stereocenters. The van der Waals surface area contributed by atoms with Crippen LogP contribution >= 0.6 is 0 Å². The fourth-order valence-electron chi connectivity index (χ4n) is 3.68. The van der Waals surface area contributed by atoms with E-state index in [0.29, 0.717) is 22.8 Å². The zero-order valence-corrected chi connectivity index (χ0v) is 21.7. The van der Waals surface area contributed by atoms with Gasteiger partial charge in [-0.2, -0.15) is 0 Å². The van der Waals surface area contributed by atoms with E-state index in [-0.39, 0.29) is 28.7 Å². The van der Waals surface area contributed by atoms with Gasteiger partial charge in [-0.15, -0.1) is 0 Å². The summed E-state index contributed by atoms with van der Waals surface area (Å²) in [5.74, 6) is -1.94. The zero-order chi connectivity index (χ0) is 28.1. The molecule has 3 amide bonds. The molecule has 0 saturated carbocycles. The lowest BCUT2D eigenvalue weighted by atomic mass is 10.3. The molecule has 6 N–H and O–H groups in total. The molecule has 13 heteroatoms. The number of anilines is 3. The molecule has 3 rings (SSSR count). The Hall–Kier alpha value is -5.20. The van der Waals surface area contributed by atoms with Crippen molar-refractivity contribution in [3.05, 3.63) is 77.9 Å². The number of hydrogen-bond acceptors (Lipinski definition) is 7. The van der Waals surface area contributed by atoms with Crippen LogP contribution in [0.4, 0.5) is 17.1 Å². The number of amides is 3. The third-order valence-corrected chi connectivity index (χ3v) is 5.52. The minimum Gasteiger partial charge on any atom is -0.464 e. The normalized spacial score (nSPS) is 11.0. The average molecular weight is 523 g/mol. The number of nitrogen functional groups attached to an aromatic ring is 1. The van der Waals surface area contributed by atoms with Crippen molar-refractivity contribution >= 4 is 40.8 Å². The Kier molecular flexibility index (Phi) is 8.10. The Morgan fingerprint density at radius 1 is 0.868 bits per heavy atom. The number of nitrogens with zero attached hydrogens (tertiary/aromatic N) is 3. The molecule has 0 fully saturated rings. The second-order valence-corrected chi connectivity index (χ2v) is 8.41. The summed E-state index contributed by atoms with van der Waals surface area (Å²) in [6.07, 6.45) is 6.14. The van der Waals surface area contributed by atoms with Gasteiger partial charge >= 0.3 is 5.97 Å². The van der Waals surface area contributed by atoms with Crippen LogP contribution in [0.3, 0.4) is 0 Å². The van der Waals surface area contributed by atoms with E-state index in [4.69, 9.17) is 10.5 Å². The minimum atomic E-state index is -0.540. The van der Waals surface area contributed by atoms with E-state index in [9.17, 15) is 19.2 Å². The lowest BCUT2D eigenvalue weighted by Crippen LogP contribution is -2.27. The molecule has 13 nitrogen and oxygen atoms in total. The molecule has 0 aliphatic rings. The first-order valence-electron chi connectivity index (χ1n) is 11.3. The summed E-state index contributed by atoms with van der Waals surface area (Å²) in [5.41, 5.74) is 8.11. The van der Waals surface area contributed by atoms with Gasteiger partial charge in [0.25, 0.3) is 17.7 Å². The maximum atomic E-state index is 12.8. The molecule has 0 aliphatic carbocycles. The molecular formula is C25H30N8O5.